The molecule has 0 unspecified atom stereocenters. The van der Waals surface area contributed by atoms with Crippen molar-refractivity contribution in [1.29, 1.82) is 0 Å². The molecule has 1 amide bonds. The number of nitrogens with one attached hydrogen (secondary N) is 2. The third-order valence-corrected chi connectivity index (χ3v) is 7.50. The van der Waals surface area contributed by atoms with Gasteiger partial charge in [-0.2, -0.15) is 0 Å². The van der Waals surface area contributed by atoms with E-state index in [2.05, 4.69) is 15.5 Å². The Morgan fingerprint density at radius 1 is 0.972 bits per heavy atom. The highest BCUT2D eigenvalue weighted by Gasteiger charge is 2.23. The van der Waals surface area contributed by atoms with Crippen molar-refractivity contribution in [3.8, 4) is 5.69 Å². The lowest BCUT2D eigenvalue weighted by atomic mass is 10.1. The Balaban J connectivity index is 1.54. The predicted octanol–water partition coefficient (Wildman–Crippen LogP) is 5.29. The molecule has 3 heterocycles. The van der Waals surface area contributed by atoms with Crippen molar-refractivity contribution in [2.45, 2.75) is 19.3 Å². The minimum Gasteiger partial charge on any atom is -0.351 e. The van der Waals surface area contributed by atoms with Gasteiger partial charge in [0.2, 0.25) is 0 Å². The number of aromatic nitrogens is 1. The first-order valence-corrected chi connectivity index (χ1v) is 12.8. The molecule has 2 N–H and O–H groups in total. The van der Waals surface area contributed by atoms with Crippen LogP contribution < -0.4 is 16.2 Å². The molecule has 6 nitrogen and oxygen atoms in total. The van der Waals surface area contributed by atoms with Crippen molar-refractivity contribution in [3.63, 3.8) is 0 Å². The highest BCUT2D eigenvalue weighted by molar-refractivity contribution is 7.21. The fraction of sp³-hybridized carbons (Fsp3) is 0.259. The molecular weight excluding hydrogens is 482 g/mol. The normalized spacial score (nSPS) is 14.2. The summed E-state index contributed by atoms with van der Waals surface area (Å²) in [6, 6.07) is 15.4. The summed E-state index contributed by atoms with van der Waals surface area (Å²) in [5, 5.41) is 6.56. The van der Waals surface area contributed by atoms with E-state index in [1.807, 2.05) is 30.3 Å². The number of fused-ring (bicyclic) bond motifs is 1. The van der Waals surface area contributed by atoms with Gasteiger partial charge < -0.3 is 15.5 Å². The van der Waals surface area contributed by atoms with E-state index in [0.717, 1.165) is 43.1 Å². The van der Waals surface area contributed by atoms with Gasteiger partial charge in [0.05, 0.1) is 17.1 Å². The highest BCUT2D eigenvalue weighted by atomic mass is 32.1. The van der Waals surface area contributed by atoms with Gasteiger partial charge in [0, 0.05) is 30.6 Å². The van der Waals surface area contributed by atoms with Gasteiger partial charge >= 0.3 is 0 Å². The topological polar surface area (TPSA) is 66.4 Å². The molecule has 5 rings (SSSR count). The molecule has 4 aromatic rings. The number of amides is 1. The third kappa shape index (κ3) is 5.03. The zero-order chi connectivity index (χ0) is 25.1. The molecule has 0 atom stereocenters. The van der Waals surface area contributed by atoms with Crippen LogP contribution in [0.5, 0.6) is 0 Å². The van der Waals surface area contributed by atoms with Crippen molar-refractivity contribution < 1.29 is 13.6 Å². The van der Waals surface area contributed by atoms with Gasteiger partial charge in [-0.05, 0) is 56.3 Å². The van der Waals surface area contributed by atoms with Crippen LogP contribution >= 0.6 is 11.3 Å². The molecular formula is C27H26F2N4O2S. The number of thiophene rings is 1. The molecule has 0 spiro atoms. The Labute approximate surface area is 211 Å². The largest absolute Gasteiger partial charge is 0.351 e. The van der Waals surface area contributed by atoms with E-state index in [1.165, 1.54) is 36.0 Å². The number of benzene rings is 2. The summed E-state index contributed by atoms with van der Waals surface area (Å²) >= 11 is 1.16. The molecule has 0 saturated carbocycles. The number of likely N-dealkylation sites (tertiary alicyclic amines) is 1. The van der Waals surface area contributed by atoms with E-state index in [-0.39, 0.29) is 17.2 Å². The number of halogens is 2. The number of para-hydroxylation sites is 1. The molecule has 186 valence electrons. The number of rotatable bonds is 7. The van der Waals surface area contributed by atoms with Crippen LogP contribution in [0.2, 0.25) is 0 Å². The summed E-state index contributed by atoms with van der Waals surface area (Å²) in [7, 11) is 0. The second-order valence-corrected chi connectivity index (χ2v) is 9.77. The number of pyridine rings is 1. The maximum atomic E-state index is 14.5. The van der Waals surface area contributed by atoms with Crippen LogP contribution in [0.3, 0.4) is 0 Å². The van der Waals surface area contributed by atoms with Gasteiger partial charge in [0.1, 0.15) is 21.3 Å². The standard InChI is InChI=1S/C27H26F2N4O2S/c28-18-9-11-22(21(29)17-18)31-24-20-10-12-23(34)33(19-7-3-1-4-8-19)27(20)36-25(24)26(35)30-13-16-32-14-5-2-6-15-32/h1,3-4,7-12,17,31H,2,5-6,13-16H2,(H,30,35). The molecule has 1 fully saturated rings. The third-order valence-electron chi connectivity index (χ3n) is 6.32. The number of anilines is 2. The van der Waals surface area contributed by atoms with Crippen LogP contribution in [0, 0.1) is 11.6 Å². The van der Waals surface area contributed by atoms with Gasteiger partial charge in [-0.3, -0.25) is 14.2 Å². The lowest BCUT2D eigenvalue weighted by Gasteiger charge is -2.26. The quantitative estimate of drug-likeness (QED) is 0.356. The Kier molecular flexibility index (Phi) is 7.11. The minimum absolute atomic E-state index is 0.0379. The summed E-state index contributed by atoms with van der Waals surface area (Å²) < 4.78 is 29.6. The second kappa shape index (κ2) is 10.6. The van der Waals surface area contributed by atoms with E-state index in [1.54, 1.807) is 6.07 Å². The number of nitrogens with zero attached hydrogens (tertiary/aromatic N) is 2. The summed E-state index contributed by atoms with van der Waals surface area (Å²) in [4.78, 5) is 29.4. The van der Waals surface area contributed by atoms with Gasteiger partial charge in [-0.15, -0.1) is 11.3 Å². The fourth-order valence-electron chi connectivity index (χ4n) is 4.50. The summed E-state index contributed by atoms with van der Waals surface area (Å²) in [6.07, 6.45) is 3.57. The van der Waals surface area contributed by atoms with Crippen molar-refractivity contribution >= 4 is 38.8 Å². The van der Waals surface area contributed by atoms with Crippen LogP contribution in [0.25, 0.3) is 15.9 Å². The van der Waals surface area contributed by atoms with Crippen LogP contribution in [-0.4, -0.2) is 41.6 Å². The summed E-state index contributed by atoms with van der Waals surface area (Å²) in [6.45, 7) is 3.28. The average Bonchev–Trinajstić information content (AvgIpc) is 3.25. The van der Waals surface area contributed by atoms with E-state index >= 15 is 0 Å². The maximum Gasteiger partial charge on any atom is 0.263 e. The van der Waals surface area contributed by atoms with E-state index in [4.69, 9.17) is 0 Å². The number of carbonyl (C=O) groups is 1. The monoisotopic (exact) mass is 508 g/mol. The Morgan fingerprint density at radius 2 is 1.75 bits per heavy atom. The van der Waals surface area contributed by atoms with E-state index in [9.17, 15) is 18.4 Å². The molecule has 2 aromatic carbocycles. The first-order chi connectivity index (χ1) is 17.5. The van der Waals surface area contributed by atoms with Crippen molar-refractivity contribution in [1.82, 2.24) is 14.8 Å². The minimum atomic E-state index is -0.776. The van der Waals surface area contributed by atoms with Gasteiger partial charge in [0.25, 0.3) is 11.5 Å². The Hall–Kier alpha value is -3.56. The van der Waals surface area contributed by atoms with Crippen LogP contribution in [0.4, 0.5) is 20.2 Å². The SMILES string of the molecule is O=C(NCCN1CCCCC1)c1sc2c(ccc(=O)n2-c2ccccc2)c1Nc1ccc(F)cc1F. The summed E-state index contributed by atoms with van der Waals surface area (Å²) in [5.41, 5.74) is 0.828. The molecule has 0 bridgehead atoms. The molecule has 1 saturated heterocycles. The van der Waals surface area contributed by atoms with Gasteiger partial charge in [-0.1, -0.05) is 24.6 Å². The molecule has 36 heavy (non-hydrogen) atoms. The van der Waals surface area contributed by atoms with Crippen LogP contribution in [-0.2, 0) is 0 Å². The Bertz CT molecular complexity index is 1450. The van der Waals surface area contributed by atoms with E-state index < -0.39 is 11.6 Å². The molecule has 0 radical (unpaired) electrons. The molecule has 9 heteroatoms. The van der Waals surface area contributed by atoms with E-state index in [0.29, 0.717) is 33.0 Å². The first kappa shape index (κ1) is 24.1. The second-order valence-electron chi connectivity index (χ2n) is 8.77. The zero-order valence-corrected chi connectivity index (χ0v) is 20.4. The maximum absolute atomic E-state index is 14.5. The first-order valence-electron chi connectivity index (χ1n) is 12.0. The molecule has 1 aliphatic rings. The molecule has 2 aromatic heterocycles. The predicted molar refractivity (Wildman–Crippen MR) is 140 cm³/mol. The molecule has 1 aliphatic heterocycles. The van der Waals surface area contributed by atoms with Crippen molar-refractivity contribution in [2.24, 2.45) is 0 Å². The highest BCUT2D eigenvalue weighted by Crippen LogP contribution is 2.38. The number of hydrogen-bond donors (Lipinski definition) is 2. The Morgan fingerprint density at radius 3 is 2.50 bits per heavy atom. The number of carbonyl (C=O) groups excluding carboxylic acids is 1. The van der Waals surface area contributed by atoms with Crippen LogP contribution in [0.1, 0.15) is 28.9 Å². The lowest BCUT2D eigenvalue weighted by Crippen LogP contribution is -2.37. The lowest BCUT2D eigenvalue weighted by molar-refractivity contribution is 0.0951. The van der Waals surface area contributed by atoms with Gasteiger partial charge in [-0.25, -0.2) is 8.78 Å². The zero-order valence-electron chi connectivity index (χ0n) is 19.6. The fourth-order valence-corrected chi connectivity index (χ4v) is 5.69. The number of hydrogen-bond acceptors (Lipinski definition) is 5. The smallest absolute Gasteiger partial charge is 0.263 e. The number of piperidine rings is 1. The van der Waals surface area contributed by atoms with Gasteiger partial charge in [0.15, 0.2) is 0 Å². The average molecular weight is 509 g/mol. The summed E-state index contributed by atoms with van der Waals surface area (Å²) in [5.74, 6) is -1.78. The van der Waals surface area contributed by atoms with Crippen molar-refractivity contribution in [2.75, 3.05) is 31.5 Å². The van der Waals surface area contributed by atoms with Crippen LogP contribution in [0.15, 0.2) is 65.5 Å². The van der Waals surface area contributed by atoms with Crippen molar-refractivity contribution in [3.05, 3.63) is 87.5 Å². The molecule has 0 aliphatic carbocycles.